The van der Waals surface area contributed by atoms with E-state index in [1.807, 2.05) is 36.4 Å². The standard InChI is InChI=1S/C18H14ClNO/c1-3-18(21)20(2)17-7-5-4-6-15(17)11-8-14-9-12-16(19)13-10-14/h3-7,9-10,12-13H,1H2,2H3. The van der Waals surface area contributed by atoms with Crippen LogP contribution in [0.25, 0.3) is 0 Å². The van der Waals surface area contributed by atoms with E-state index in [2.05, 4.69) is 18.4 Å². The Morgan fingerprint density at radius 1 is 1.14 bits per heavy atom. The number of likely N-dealkylation sites (N-methyl/N-ethyl adjacent to an activating group) is 1. The van der Waals surface area contributed by atoms with E-state index in [4.69, 9.17) is 11.6 Å². The molecule has 0 fully saturated rings. The van der Waals surface area contributed by atoms with Gasteiger partial charge in [-0.25, -0.2) is 0 Å². The van der Waals surface area contributed by atoms with Crippen LogP contribution < -0.4 is 4.90 Å². The summed E-state index contributed by atoms with van der Waals surface area (Å²) in [6, 6.07) is 14.8. The van der Waals surface area contributed by atoms with Crippen LogP contribution in [0.15, 0.2) is 61.2 Å². The number of amides is 1. The molecule has 21 heavy (non-hydrogen) atoms. The number of hydrogen-bond acceptors (Lipinski definition) is 1. The van der Waals surface area contributed by atoms with E-state index in [9.17, 15) is 4.79 Å². The van der Waals surface area contributed by atoms with Crippen molar-refractivity contribution in [2.24, 2.45) is 0 Å². The summed E-state index contributed by atoms with van der Waals surface area (Å²) in [4.78, 5) is 13.2. The van der Waals surface area contributed by atoms with E-state index in [-0.39, 0.29) is 5.91 Å². The van der Waals surface area contributed by atoms with Gasteiger partial charge in [-0.1, -0.05) is 42.2 Å². The van der Waals surface area contributed by atoms with Crippen LogP contribution in [0.1, 0.15) is 11.1 Å². The number of nitrogens with zero attached hydrogens (tertiary/aromatic N) is 1. The smallest absolute Gasteiger partial charge is 0.250 e. The van der Waals surface area contributed by atoms with Gasteiger partial charge in [0.05, 0.1) is 5.69 Å². The third kappa shape index (κ3) is 3.75. The highest BCUT2D eigenvalue weighted by atomic mass is 35.5. The lowest BCUT2D eigenvalue weighted by Gasteiger charge is -2.16. The topological polar surface area (TPSA) is 20.3 Å². The largest absolute Gasteiger partial charge is 0.311 e. The number of rotatable bonds is 2. The van der Waals surface area contributed by atoms with E-state index >= 15 is 0 Å². The summed E-state index contributed by atoms with van der Waals surface area (Å²) < 4.78 is 0. The van der Waals surface area contributed by atoms with Crippen molar-refractivity contribution >= 4 is 23.2 Å². The third-order valence-electron chi connectivity index (χ3n) is 2.96. The molecule has 0 heterocycles. The average Bonchev–Trinajstić information content (AvgIpc) is 2.53. The lowest BCUT2D eigenvalue weighted by molar-refractivity contribution is -0.113. The van der Waals surface area contributed by atoms with Gasteiger partial charge >= 0.3 is 0 Å². The molecule has 0 aliphatic heterocycles. The maximum absolute atomic E-state index is 11.7. The molecule has 0 aromatic heterocycles. The van der Waals surface area contributed by atoms with Gasteiger partial charge in [-0.05, 0) is 42.5 Å². The molecule has 0 atom stereocenters. The molecule has 0 aliphatic carbocycles. The van der Waals surface area contributed by atoms with Gasteiger partial charge in [0, 0.05) is 23.2 Å². The summed E-state index contributed by atoms with van der Waals surface area (Å²) in [5.41, 5.74) is 2.40. The molecule has 2 aromatic carbocycles. The molecule has 2 rings (SSSR count). The van der Waals surface area contributed by atoms with Crippen LogP contribution in [0.3, 0.4) is 0 Å². The van der Waals surface area contributed by atoms with Crippen LogP contribution in [-0.2, 0) is 4.79 Å². The zero-order valence-electron chi connectivity index (χ0n) is 11.6. The highest BCUT2D eigenvalue weighted by molar-refractivity contribution is 6.30. The summed E-state index contributed by atoms with van der Waals surface area (Å²) in [7, 11) is 1.70. The second kappa shape index (κ2) is 6.78. The first-order valence-electron chi connectivity index (χ1n) is 6.38. The van der Waals surface area contributed by atoms with Gasteiger partial charge in [0.2, 0.25) is 5.91 Å². The minimum atomic E-state index is -0.171. The highest BCUT2D eigenvalue weighted by Gasteiger charge is 2.09. The van der Waals surface area contributed by atoms with Crippen LogP contribution in [0.2, 0.25) is 5.02 Å². The number of carbonyl (C=O) groups excluding carboxylic acids is 1. The van der Waals surface area contributed by atoms with Crippen molar-refractivity contribution in [3.63, 3.8) is 0 Å². The molecule has 0 N–H and O–H groups in total. The lowest BCUT2D eigenvalue weighted by Crippen LogP contribution is -2.24. The molecule has 0 aliphatic rings. The van der Waals surface area contributed by atoms with E-state index < -0.39 is 0 Å². The first-order valence-corrected chi connectivity index (χ1v) is 6.76. The Hall–Kier alpha value is -2.50. The molecule has 0 saturated heterocycles. The fourth-order valence-corrected chi connectivity index (χ4v) is 1.93. The second-order valence-electron chi connectivity index (χ2n) is 4.38. The first kappa shape index (κ1) is 14.9. The Bertz CT molecular complexity index is 723. The quantitative estimate of drug-likeness (QED) is 0.608. The molecule has 0 radical (unpaired) electrons. The molecule has 2 nitrogen and oxygen atoms in total. The monoisotopic (exact) mass is 295 g/mol. The van der Waals surface area contributed by atoms with Gasteiger partial charge in [0.25, 0.3) is 0 Å². The van der Waals surface area contributed by atoms with Crippen molar-refractivity contribution in [3.8, 4) is 11.8 Å². The van der Waals surface area contributed by atoms with Gasteiger partial charge in [-0.3, -0.25) is 4.79 Å². The van der Waals surface area contributed by atoms with Gasteiger partial charge in [-0.15, -0.1) is 0 Å². The third-order valence-corrected chi connectivity index (χ3v) is 3.21. The van der Waals surface area contributed by atoms with Crippen LogP contribution in [-0.4, -0.2) is 13.0 Å². The number of anilines is 1. The van der Waals surface area contributed by atoms with E-state index in [1.165, 1.54) is 11.0 Å². The summed E-state index contributed by atoms with van der Waals surface area (Å²) >= 11 is 5.84. The summed E-state index contributed by atoms with van der Waals surface area (Å²) in [6.07, 6.45) is 1.28. The molecule has 0 saturated carbocycles. The lowest BCUT2D eigenvalue weighted by atomic mass is 10.1. The number of carbonyl (C=O) groups is 1. The predicted octanol–water partition coefficient (Wildman–Crippen LogP) is 3.89. The minimum Gasteiger partial charge on any atom is -0.311 e. The van der Waals surface area contributed by atoms with Crippen molar-refractivity contribution in [1.82, 2.24) is 0 Å². The highest BCUT2D eigenvalue weighted by Crippen LogP contribution is 2.18. The minimum absolute atomic E-state index is 0.171. The Morgan fingerprint density at radius 2 is 1.81 bits per heavy atom. The number of halogens is 1. The fourth-order valence-electron chi connectivity index (χ4n) is 1.80. The summed E-state index contributed by atoms with van der Waals surface area (Å²) in [5, 5.41) is 0.678. The van der Waals surface area contributed by atoms with Crippen LogP contribution in [0, 0.1) is 11.8 Å². The van der Waals surface area contributed by atoms with E-state index in [1.54, 1.807) is 19.2 Å². The second-order valence-corrected chi connectivity index (χ2v) is 4.81. The SMILES string of the molecule is C=CC(=O)N(C)c1ccccc1C#Cc1ccc(Cl)cc1. The first-order chi connectivity index (χ1) is 10.1. The van der Waals surface area contributed by atoms with Gasteiger partial charge in [0.1, 0.15) is 0 Å². The van der Waals surface area contributed by atoms with E-state index in [0.717, 1.165) is 16.8 Å². The van der Waals surface area contributed by atoms with E-state index in [0.29, 0.717) is 5.02 Å². The molecule has 0 unspecified atom stereocenters. The predicted molar refractivity (Wildman–Crippen MR) is 87.5 cm³/mol. The zero-order chi connectivity index (χ0) is 15.2. The van der Waals surface area contributed by atoms with Crippen molar-refractivity contribution in [2.75, 3.05) is 11.9 Å². The van der Waals surface area contributed by atoms with Crippen molar-refractivity contribution in [3.05, 3.63) is 77.3 Å². The molecule has 3 heteroatoms. The van der Waals surface area contributed by atoms with Crippen molar-refractivity contribution in [2.45, 2.75) is 0 Å². The van der Waals surface area contributed by atoms with Gasteiger partial charge < -0.3 is 4.90 Å². The molecule has 0 bridgehead atoms. The Kier molecular flexibility index (Phi) is 4.81. The molecule has 2 aromatic rings. The molecule has 1 amide bonds. The normalized spacial score (nSPS) is 9.43. The average molecular weight is 296 g/mol. The molecule has 0 spiro atoms. The summed E-state index contributed by atoms with van der Waals surface area (Å²) in [6.45, 7) is 3.50. The number of hydrogen-bond donors (Lipinski definition) is 0. The van der Waals surface area contributed by atoms with Crippen LogP contribution in [0.4, 0.5) is 5.69 Å². The van der Waals surface area contributed by atoms with Gasteiger partial charge in [-0.2, -0.15) is 0 Å². The molecular formula is C18H14ClNO. The number of para-hydroxylation sites is 1. The number of benzene rings is 2. The molecular weight excluding hydrogens is 282 g/mol. The van der Waals surface area contributed by atoms with Gasteiger partial charge in [0.15, 0.2) is 0 Å². The fraction of sp³-hybridized carbons (Fsp3) is 0.0556. The van der Waals surface area contributed by atoms with Crippen LogP contribution in [0.5, 0.6) is 0 Å². The maximum Gasteiger partial charge on any atom is 0.250 e. The Balaban J connectivity index is 2.35. The maximum atomic E-state index is 11.7. The Morgan fingerprint density at radius 3 is 2.48 bits per heavy atom. The summed E-state index contributed by atoms with van der Waals surface area (Å²) in [5.74, 6) is 5.98. The Labute approximate surface area is 129 Å². The van der Waals surface area contributed by atoms with Crippen molar-refractivity contribution < 1.29 is 4.79 Å². The van der Waals surface area contributed by atoms with Crippen LogP contribution >= 0.6 is 11.6 Å². The zero-order valence-corrected chi connectivity index (χ0v) is 12.4. The molecule has 104 valence electrons. The van der Waals surface area contributed by atoms with Crippen molar-refractivity contribution in [1.29, 1.82) is 0 Å².